The van der Waals surface area contributed by atoms with Crippen LogP contribution in [0.4, 0.5) is 8.78 Å². The molecule has 0 spiro atoms. The summed E-state index contributed by atoms with van der Waals surface area (Å²) in [5.74, 6) is -0.409. The van der Waals surface area contributed by atoms with Crippen LogP contribution in [-0.4, -0.2) is 9.98 Å². The van der Waals surface area contributed by atoms with Crippen LogP contribution in [0.5, 0.6) is 0 Å². The van der Waals surface area contributed by atoms with Crippen molar-refractivity contribution >= 4 is 29.9 Å². The summed E-state index contributed by atoms with van der Waals surface area (Å²) in [5.41, 5.74) is 4.33. The molecule has 0 bridgehead atoms. The Labute approximate surface area is 255 Å². The van der Waals surface area contributed by atoms with Gasteiger partial charge >= 0.3 is 233 Å². The van der Waals surface area contributed by atoms with Crippen molar-refractivity contribution in [2.24, 2.45) is 0 Å². The van der Waals surface area contributed by atoms with Crippen LogP contribution < -0.4 is 33.6 Å². The fourth-order valence-corrected chi connectivity index (χ4v) is 41.0. The van der Waals surface area contributed by atoms with Crippen LogP contribution in [0.3, 0.4) is 0 Å². The fourth-order valence-electron chi connectivity index (χ4n) is 5.49. The van der Waals surface area contributed by atoms with Crippen molar-refractivity contribution < 1.29 is 52.2 Å². The largest absolute Gasteiger partial charge is 1.00 e. The van der Waals surface area contributed by atoms with Gasteiger partial charge in [0.15, 0.2) is 0 Å². The summed E-state index contributed by atoms with van der Waals surface area (Å²) < 4.78 is 34.8. The zero-order valence-electron chi connectivity index (χ0n) is 21.6. The monoisotopic (exact) mass is 706 g/mol. The first kappa shape index (κ1) is 30.7. The Hall–Kier alpha value is -2.29. The minimum absolute atomic E-state index is 0. The molecular weight excluding hydrogens is 681 g/mol. The molecule has 0 aliphatic heterocycles. The van der Waals surface area contributed by atoms with E-state index in [1.807, 2.05) is 24.3 Å². The van der Waals surface area contributed by atoms with E-state index in [2.05, 4.69) is 85.0 Å². The van der Waals surface area contributed by atoms with E-state index in [9.17, 15) is 8.78 Å². The van der Waals surface area contributed by atoms with E-state index >= 15 is 0 Å². The molecule has 0 N–H and O–H groups in total. The van der Waals surface area contributed by atoms with Crippen molar-refractivity contribution in [1.82, 2.24) is 0 Å². The van der Waals surface area contributed by atoms with Crippen LogP contribution in [0.1, 0.15) is 24.0 Å². The Morgan fingerprint density at radius 2 is 0.950 bits per heavy atom. The Morgan fingerprint density at radius 3 is 1.35 bits per heavy atom. The first-order chi connectivity index (χ1) is 18.7. The fraction of sp³-hybridized carbons (Fsp3) is 0.0588. The molecule has 2 aliphatic carbocycles. The van der Waals surface area contributed by atoms with Crippen LogP contribution >= 0.6 is 0 Å². The number of hydrogen-bond donors (Lipinski definition) is 0. The van der Waals surface area contributed by atoms with Gasteiger partial charge in [-0.15, -0.1) is 0 Å². The van der Waals surface area contributed by atoms with Crippen molar-refractivity contribution in [1.29, 1.82) is 0 Å². The van der Waals surface area contributed by atoms with Crippen LogP contribution in [0, 0.1) is 11.6 Å². The molecule has 0 saturated carbocycles. The summed E-state index contributed by atoms with van der Waals surface area (Å²) in [5, 5.41) is 0. The molecule has 2 aliphatic rings. The minimum Gasteiger partial charge on any atom is -1.00 e. The van der Waals surface area contributed by atoms with Gasteiger partial charge in [0.1, 0.15) is 0 Å². The SMILES string of the molecule is Fc1cccc(C2=[C]([Zr+2]([C]3=C(c4cccc(F)c4)C=CC3)=[Ge]([c]3ccccc3)[c]3ccccc3)CC=C2)c1.[Cl-].[Cl-]. The molecule has 4 aromatic rings. The summed E-state index contributed by atoms with van der Waals surface area (Å²) >= 11 is -2.67. The zero-order chi connectivity index (χ0) is 25.9. The summed E-state index contributed by atoms with van der Waals surface area (Å²) in [4.78, 5) is 0. The van der Waals surface area contributed by atoms with E-state index < -0.39 is 28.6 Å². The van der Waals surface area contributed by atoms with Gasteiger partial charge in [-0.05, 0) is 0 Å². The molecule has 0 heterocycles. The van der Waals surface area contributed by atoms with Crippen molar-refractivity contribution in [3.8, 4) is 0 Å². The van der Waals surface area contributed by atoms with E-state index in [4.69, 9.17) is 0 Å². The van der Waals surface area contributed by atoms with E-state index in [1.54, 1.807) is 12.1 Å². The first-order valence-electron chi connectivity index (χ1n) is 12.9. The maximum Gasteiger partial charge on any atom is -1.00 e. The van der Waals surface area contributed by atoms with Crippen molar-refractivity contribution in [2.75, 3.05) is 0 Å². The number of benzene rings is 4. The predicted octanol–water partition coefficient (Wildman–Crippen LogP) is 1.44. The van der Waals surface area contributed by atoms with Crippen LogP contribution in [0.25, 0.3) is 11.1 Å². The average Bonchev–Trinajstić information content (AvgIpc) is 3.63. The van der Waals surface area contributed by atoms with Gasteiger partial charge < -0.3 is 24.8 Å². The Bertz CT molecular complexity index is 1550. The topological polar surface area (TPSA) is 0 Å². The molecule has 198 valence electrons. The maximum atomic E-state index is 14.4. The van der Waals surface area contributed by atoms with E-state index in [0.29, 0.717) is 0 Å². The van der Waals surface area contributed by atoms with Crippen LogP contribution in [0.15, 0.2) is 140 Å². The third-order valence-electron chi connectivity index (χ3n) is 7.11. The smallest absolute Gasteiger partial charge is 1.00 e. The summed E-state index contributed by atoms with van der Waals surface area (Å²) in [6.45, 7) is 0. The molecule has 0 radical (unpaired) electrons. The van der Waals surface area contributed by atoms with Gasteiger partial charge in [-0.3, -0.25) is 0 Å². The maximum absolute atomic E-state index is 14.4. The third kappa shape index (κ3) is 6.44. The molecular formula is C34H26Cl2F2GeZr. The number of rotatable bonds is 6. The van der Waals surface area contributed by atoms with Gasteiger partial charge in [-0.25, -0.2) is 0 Å². The second-order valence-corrected chi connectivity index (χ2v) is 30.9. The zero-order valence-corrected chi connectivity index (χ0v) is 27.7. The molecule has 0 saturated heterocycles. The van der Waals surface area contributed by atoms with Gasteiger partial charge in [0.2, 0.25) is 0 Å². The van der Waals surface area contributed by atoms with Gasteiger partial charge in [-0.2, -0.15) is 0 Å². The number of allylic oxidation sites excluding steroid dienone is 8. The van der Waals surface area contributed by atoms with Crippen LogP contribution in [0.2, 0.25) is 0 Å². The Kier molecular flexibility index (Phi) is 10.8. The van der Waals surface area contributed by atoms with E-state index in [0.717, 1.165) is 24.0 Å². The first-order valence-corrected chi connectivity index (χ1v) is 24.9. The molecule has 6 heteroatoms. The standard InChI is InChI=1S/C12H10Ge.2C11H8F.2ClH.Zr/c1-3-7-11(8-4-1)13-12-9-5-2-6-10-12;2*12-11-7-3-6-10(8-11)9-4-1-2-5-9;;;/h1-10H;2*1,3-4,6-8H,2H2;2*1H;/q;;;;;+2/p-2. The predicted molar refractivity (Wildman–Crippen MR) is 152 cm³/mol. The van der Waals surface area contributed by atoms with Gasteiger partial charge in [0.05, 0.1) is 0 Å². The second-order valence-electron chi connectivity index (χ2n) is 9.50. The van der Waals surface area contributed by atoms with Gasteiger partial charge in [0.25, 0.3) is 0 Å². The third-order valence-corrected chi connectivity index (χ3v) is 38.5. The van der Waals surface area contributed by atoms with Crippen molar-refractivity contribution in [3.63, 3.8) is 0 Å². The molecule has 4 aromatic carbocycles. The summed E-state index contributed by atoms with van der Waals surface area (Å²) in [7, 11) is -2.09. The quantitative estimate of drug-likeness (QED) is 0.267. The van der Waals surface area contributed by atoms with Crippen molar-refractivity contribution in [2.45, 2.75) is 12.8 Å². The molecule has 0 unspecified atom stereocenters. The molecule has 0 aromatic heterocycles. The Balaban J connectivity index is 0.00000185. The number of halogens is 4. The molecule has 40 heavy (non-hydrogen) atoms. The van der Waals surface area contributed by atoms with Gasteiger partial charge in [-0.1, -0.05) is 0 Å². The van der Waals surface area contributed by atoms with E-state index in [-0.39, 0.29) is 36.4 Å². The van der Waals surface area contributed by atoms with Crippen LogP contribution in [-0.2, 0) is 18.6 Å². The minimum atomic E-state index is -2.67. The molecule has 0 amide bonds. The normalized spacial score (nSPS) is 13.5. The molecule has 0 nitrogen and oxygen atoms in total. The summed E-state index contributed by atoms with van der Waals surface area (Å²) in [6.07, 6.45) is 10.8. The molecule has 0 fully saturated rings. The van der Waals surface area contributed by atoms with Gasteiger partial charge in [0, 0.05) is 0 Å². The number of hydrogen-bond acceptors (Lipinski definition) is 0. The summed E-state index contributed by atoms with van der Waals surface area (Å²) in [6, 6.07) is 36.2. The second kappa shape index (κ2) is 14.1. The van der Waals surface area contributed by atoms with Crippen molar-refractivity contribution in [3.05, 3.63) is 163 Å². The molecule has 0 atom stereocenters. The van der Waals surface area contributed by atoms with E-state index in [1.165, 1.54) is 38.6 Å². The molecule has 6 rings (SSSR count). The Morgan fingerprint density at radius 1 is 0.525 bits per heavy atom. The average molecular weight is 707 g/mol.